The highest BCUT2D eigenvalue weighted by Gasteiger charge is 2.41. The van der Waals surface area contributed by atoms with E-state index in [9.17, 15) is 22.4 Å². The zero-order chi connectivity index (χ0) is 26.0. The lowest BCUT2D eigenvalue weighted by Gasteiger charge is -2.30. The number of hydrogen-bond donors (Lipinski definition) is 2. The van der Waals surface area contributed by atoms with Crippen molar-refractivity contribution in [2.75, 3.05) is 18.6 Å². The third-order valence-corrected chi connectivity index (χ3v) is 6.56. The monoisotopic (exact) mass is 548 g/mol. The lowest BCUT2D eigenvalue weighted by Crippen LogP contribution is -2.40. The van der Waals surface area contributed by atoms with Gasteiger partial charge in [0.15, 0.2) is 5.65 Å². The van der Waals surface area contributed by atoms with Crippen molar-refractivity contribution in [1.82, 2.24) is 24.8 Å². The number of halogens is 6. The quantitative estimate of drug-likeness (QED) is 0.372. The minimum atomic E-state index is -4.24. The number of imidazole rings is 1. The van der Waals surface area contributed by atoms with E-state index in [0.717, 1.165) is 0 Å². The van der Waals surface area contributed by atoms with Crippen molar-refractivity contribution in [2.24, 2.45) is 13.0 Å². The van der Waals surface area contributed by atoms with Crippen LogP contribution in [0.1, 0.15) is 36.0 Å². The predicted octanol–water partition coefficient (Wildman–Crippen LogP) is 5.61. The number of rotatable bonds is 7. The molecule has 0 spiro atoms. The molecule has 8 nitrogen and oxygen atoms in total. The van der Waals surface area contributed by atoms with Crippen LogP contribution in [0.2, 0.25) is 10.0 Å². The molecule has 3 aromatic heterocycles. The molecule has 1 fully saturated rings. The number of aromatic nitrogens is 4. The second-order valence-corrected chi connectivity index (χ2v) is 9.20. The Labute approximate surface area is 213 Å². The summed E-state index contributed by atoms with van der Waals surface area (Å²) >= 11 is 12.3. The topological polar surface area (TPSA) is 94.0 Å². The van der Waals surface area contributed by atoms with E-state index in [2.05, 4.69) is 25.6 Å². The Balaban J connectivity index is 1.60. The van der Waals surface area contributed by atoms with Crippen molar-refractivity contribution >= 4 is 51.9 Å². The number of carbonyl (C=O) groups is 1. The zero-order valence-corrected chi connectivity index (χ0v) is 20.5. The molecule has 2 N–H and O–H groups in total. The van der Waals surface area contributed by atoms with E-state index < -0.39 is 30.7 Å². The lowest BCUT2D eigenvalue weighted by molar-refractivity contribution is -0.182. The number of carbonyl (C=O) groups excluding carboxylic acids is 1. The van der Waals surface area contributed by atoms with Gasteiger partial charge in [0, 0.05) is 25.5 Å². The number of ether oxygens (including phenoxy) is 1. The molecule has 1 amide bonds. The summed E-state index contributed by atoms with van der Waals surface area (Å²) in [5, 5.41) is 6.28. The Bertz CT molecular complexity index is 1240. The molecule has 0 aliphatic heterocycles. The van der Waals surface area contributed by atoms with Gasteiger partial charge in [-0.25, -0.2) is 9.37 Å². The number of hydrogen-bond acceptors (Lipinski definition) is 6. The van der Waals surface area contributed by atoms with E-state index in [1.807, 2.05) is 0 Å². The third kappa shape index (κ3) is 5.59. The van der Waals surface area contributed by atoms with Crippen LogP contribution < -0.4 is 15.4 Å². The molecule has 1 aliphatic carbocycles. The number of nitrogens with zero attached hydrogens (tertiary/aromatic N) is 4. The van der Waals surface area contributed by atoms with Gasteiger partial charge in [0.25, 0.3) is 5.91 Å². The maximum atomic E-state index is 13.1. The number of nitrogens with one attached hydrogen (secondary N) is 2. The summed E-state index contributed by atoms with van der Waals surface area (Å²) in [6.45, 7) is -1.14. The van der Waals surface area contributed by atoms with Gasteiger partial charge in [-0.05, 0) is 31.7 Å². The summed E-state index contributed by atoms with van der Waals surface area (Å²) in [5.41, 5.74) is 1.02. The van der Waals surface area contributed by atoms with Crippen molar-refractivity contribution in [3.05, 3.63) is 34.1 Å². The van der Waals surface area contributed by atoms with E-state index in [1.54, 1.807) is 11.6 Å². The van der Waals surface area contributed by atoms with Crippen LogP contribution in [0.3, 0.4) is 0 Å². The fourth-order valence-corrected chi connectivity index (χ4v) is 4.54. The highest BCUT2D eigenvalue weighted by Crippen LogP contribution is 2.38. The first-order valence-corrected chi connectivity index (χ1v) is 11.8. The molecule has 0 unspecified atom stereocenters. The number of fused-ring (bicyclic) bond motifs is 1. The fraction of sp³-hybridized carbons (Fsp3) is 0.455. The Hall–Kier alpha value is -2.86. The molecule has 0 aromatic carbocycles. The van der Waals surface area contributed by atoms with Gasteiger partial charge in [-0.1, -0.05) is 23.2 Å². The summed E-state index contributed by atoms with van der Waals surface area (Å²) < 4.78 is 58.7. The molecule has 0 bridgehead atoms. The van der Waals surface area contributed by atoms with E-state index in [0.29, 0.717) is 22.8 Å². The molecule has 14 heteroatoms. The maximum absolute atomic E-state index is 13.1. The number of anilines is 2. The van der Waals surface area contributed by atoms with Crippen molar-refractivity contribution in [2.45, 2.75) is 37.9 Å². The van der Waals surface area contributed by atoms with Crippen LogP contribution in [-0.2, 0) is 7.05 Å². The van der Waals surface area contributed by atoms with Crippen LogP contribution in [0.5, 0.6) is 5.88 Å². The molecule has 3 aromatic rings. The van der Waals surface area contributed by atoms with E-state index in [-0.39, 0.29) is 53.8 Å². The van der Waals surface area contributed by atoms with E-state index in [4.69, 9.17) is 27.9 Å². The molecule has 0 saturated heterocycles. The predicted molar refractivity (Wildman–Crippen MR) is 127 cm³/mol. The van der Waals surface area contributed by atoms with Crippen LogP contribution in [0.4, 0.5) is 29.2 Å². The van der Waals surface area contributed by atoms with Gasteiger partial charge in [-0.3, -0.25) is 14.3 Å². The molecule has 1 aliphatic rings. The van der Waals surface area contributed by atoms with E-state index in [1.165, 1.54) is 18.5 Å². The van der Waals surface area contributed by atoms with Crippen LogP contribution >= 0.6 is 23.2 Å². The van der Waals surface area contributed by atoms with Gasteiger partial charge in [0.05, 0.1) is 21.7 Å². The molecule has 36 heavy (non-hydrogen) atoms. The Morgan fingerprint density at radius 3 is 2.44 bits per heavy atom. The molecule has 4 rings (SSSR count). The summed E-state index contributed by atoms with van der Waals surface area (Å²) in [7, 11) is 1.66. The normalized spacial score (nSPS) is 18.3. The summed E-state index contributed by atoms with van der Waals surface area (Å²) in [5.74, 6) is -1.77. The van der Waals surface area contributed by atoms with Crippen LogP contribution in [-0.4, -0.2) is 50.9 Å². The van der Waals surface area contributed by atoms with Crippen molar-refractivity contribution in [3.8, 4) is 5.88 Å². The van der Waals surface area contributed by atoms with E-state index >= 15 is 0 Å². The number of alkyl halides is 4. The van der Waals surface area contributed by atoms with Crippen molar-refractivity contribution < 1.29 is 27.1 Å². The molecule has 0 atom stereocenters. The van der Waals surface area contributed by atoms with Crippen LogP contribution in [0.15, 0.2) is 18.5 Å². The first kappa shape index (κ1) is 26.2. The average molecular weight is 549 g/mol. The van der Waals surface area contributed by atoms with Crippen molar-refractivity contribution in [1.29, 1.82) is 0 Å². The Kier molecular flexibility index (Phi) is 7.74. The minimum Gasteiger partial charge on any atom is -0.474 e. The molecule has 194 valence electrons. The molecular weight excluding hydrogens is 527 g/mol. The first-order valence-electron chi connectivity index (χ1n) is 11.1. The van der Waals surface area contributed by atoms with Gasteiger partial charge >= 0.3 is 6.18 Å². The molecular formula is C22H22Cl2F4N6O2. The summed E-state index contributed by atoms with van der Waals surface area (Å²) in [4.78, 5) is 25.8. The molecule has 0 radical (unpaired) electrons. The number of aryl methyl sites for hydroxylation is 1. The largest absolute Gasteiger partial charge is 0.474 e. The highest BCUT2D eigenvalue weighted by atomic mass is 35.5. The van der Waals surface area contributed by atoms with Gasteiger partial charge in [0.1, 0.15) is 24.4 Å². The Morgan fingerprint density at radius 2 is 1.83 bits per heavy atom. The SMILES string of the molecule is Cn1c(Nc2c(Cl)cncc2Cl)nc2cc(C(=O)N[C@H]3CC[C@H](C(F)(F)F)CC3)c(OCCF)nc21. The first-order chi connectivity index (χ1) is 17.1. The van der Waals surface area contributed by atoms with Crippen LogP contribution in [0, 0.1) is 5.92 Å². The Morgan fingerprint density at radius 1 is 1.17 bits per heavy atom. The number of pyridine rings is 2. The standard InChI is InChI=1S/C22H22Cl2F4N6O2/c1-34-18-16(31-21(34)32-17-14(23)9-29-10-15(17)24)8-13(20(33-18)36-7-6-25)19(35)30-12-4-2-11(3-5-12)22(26,27)28/h8-12H,2-7H2,1H3,(H,30,35)(H,29,31,32)/t11-,12-. The van der Waals surface area contributed by atoms with Gasteiger partial charge in [-0.2, -0.15) is 18.2 Å². The van der Waals surface area contributed by atoms with Gasteiger partial charge in [0.2, 0.25) is 11.8 Å². The van der Waals surface area contributed by atoms with Crippen molar-refractivity contribution in [3.63, 3.8) is 0 Å². The second kappa shape index (κ2) is 10.6. The smallest absolute Gasteiger partial charge is 0.391 e. The number of amides is 1. The fourth-order valence-electron chi connectivity index (χ4n) is 4.09. The average Bonchev–Trinajstić information content (AvgIpc) is 3.13. The second-order valence-electron chi connectivity index (χ2n) is 8.38. The van der Waals surface area contributed by atoms with Gasteiger partial charge in [-0.15, -0.1) is 0 Å². The highest BCUT2D eigenvalue weighted by molar-refractivity contribution is 6.39. The minimum absolute atomic E-state index is 0.00137. The maximum Gasteiger partial charge on any atom is 0.391 e. The molecule has 1 saturated carbocycles. The third-order valence-electron chi connectivity index (χ3n) is 5.99. The molecule has 3 heterocycles. The van der Waals surface area contributed by atoms with Gasteiger partial charge < -0.3 is 15.4 Å². The lowest BCUT2D eigenvalue weighted by atomic mass is 9.85. The van der Waals surface area contributed by atoms with Crippen LogP contribution in [0.25, 0.3) is 11.2 Å². The zero-order valence-electron chi connectivity index (χ0n) is 19.0. The summed E-state index contributed by atoms with van der Waals surface area (Å²) in [6, 6.07) is 1.01. The summed E-state index contributed by atoms with van der Waals surface area (Å²) in [6.07, 6.45) is -1.17.